The first-order valence-corrected chi connectivity index (χ1v) is 7.63. The van der Waals surface area contributed by atoms with E-state index in [-0.39, 0.29) is 18.7 Å². The Hall–Kier alpha value is -2.51. The summed E-state index contributed by atoms with van der Waals surface area (Å²) >= 11 is 0. The number of carboxylic acids is 1. The summed E-state index contributed by atoms with van der Waals surface area (Å²) in [4.78, 5) is 36.8. The van der Waals surface area contributed by atoms with Gasteiger partial charge < -0.3 is 15.3 Å². The third-order valence-electron chi connectivity index (χ3n) is 4.63. The average molecular weight is 338 g/mol. The first kappa shape index (κ1) is 16.4. The summed E-state index contributed by atoms with van der Waals surface area (Å²) in [5.41, 5.74) is -1.21. The number of amides is 2. The molecule has 2 aliphatic rings. The molecule has 1 aliphatic carbocycles. The predicted octanol–water partition coefficient (Wildman–Crippen LogP) is 1.44. The third kappa shape index (κ3) is 2.83. The van der Waals surface area contributed by atoms with Crippen molar-refractivity contribution >= 4 is 23.5 Å². The van der Waals surface area contributed by atoms with Crippen molar-refractivity contribution in [3.05, 3.63) is 29.8 Å². The Morgan fingerprint density at radius 1 is 1.21 bits per heavy atom. The van der Waals surface area contributed by atoms with Crippen LogP contribution >= 0.6 is 0 Å². The molecule has 1 unspecified atom stereocenters. The van der Waals surface area contributed by atoms with Gasteiger partial charge in [-0.25, -0.2) is 13.6 Å². The van der Waals surface area contributed by atoms with Crippen LogP contribution in [0, 0.1) is 17.6 Å². The lowest BCUT2D eigenvalue weighted by molar-refractivity contribution is -0.152. The van der Waals surface area contributed by atoms with Gasteiger partial charge in [-0.05, 0) is 31.4 Å². The fourth-order valence-corrected chi connectivity index (χ4v) is 3.09. The lowest BCUT2D eigenvalue weighted by Crippen LogP contribution is -2.60. The molecule has 1 saturated heterocycles. The quantitative estimate of drug-likeness (QED) is 0.870. The number of nitrogens with zero attached hydrogens (tertiary/aromatic N) is 1. The largest absolute Gasteiger partial charge is 0.480 e. The topological polar surface area (TPSA) is 86.7 Å². The lowest BCUT2D eigenvalue weighted by Gasteiger charge is -2.38. The number of benzene rings is 1. The van der Waals surface area contributed by atoms with Crippen molar-refractivity contribution in [1.29, 1.82) is 0 Å². The molecule has 8 heteroatoms. The van der Waals surface area contributed by atoms with E-state index in [1.54, 1.807) is 0 Å². The highest BCUT2D eigenvalue weighted by Crippen LogP contribution is 2.33. The number of halogens is 2. The van der Waals surface area contributed by atoms with E-state index in [1.165, 1.54) is 0 Å². The van der Waals surface area contributed by atoms with Crippen molar-refractivity contribution in [2.24, 2.45) is 5.92 Å². The van der Waals surface area contributed by atoms with Crippen LogP contribution in [0.25, 0.3) is 0 Å². The van der Waals surface area contributed by atoms with E-state index in [4.69, 9.17) is 0 Å². The molecule has 1 heterocycles. The van der Waals surface area contributed by atoms with E-state index in [2.05, 4.69) is 5.32 Å². The molecule has 1 atom stereocenters. The molecule has 3 rings (SSSR count). The maximum atomic E-state index is 13.3. The number of hydrogen-bond acceptors (Lipinski definition) is 3. The van der Waals surface area contributed by atoms with Crippen LogP contribution in [-0.4, -0.2) is 35.0 Å². The van der Waals surface area contributed by atoms with Crippen molar-refractivity contribution in [2.45, 2.75) is 31.2 Å². The highest BCUT2D eigenvalue weighted by Gasteiger charge is 2.47. The normalized spacial score (nSPS) is 22.2. The molecule has 1 aromatic rings. The van der Waals surface area contributed by atoms with E-state index >= 15 is 0 Å². The maximum absolute atomic E-state index is 13.3. The van der Waals surface area contributed by atoms with Crippen LogP contribution < -0.4 is 10.2 Å². The van der Waals surface area contributed by atoms with Crippen LogP contribution in [0.5, 0.6) is 0 Å². The van der Waals surface area contributed by atoms with Gasteiger partial charge in [0.2, 0.25) is 11.8 Å². The van der Waals surface area contributed by atoms with Crippen LogP contribution in [-0.2, 0) is 14.4 Å². The lowest BCUT2D eigenvalue weighted by atomic mass is 9.76. The second-order valence-electron chi connectivity index (χ2n) is 6.26. The van der Waals surface area contributed by atoms with Crippen molar-refractivity contribution in [3.63, 3.8) is 0 Å². The van der Waals surface area contributed by atoms with E-state index in [0.29, 0.717) is 25.3 Å². The highest BCUT2D eigenvalue weighted by molar-refractivity contribution is 6.01. The molecular weight excluding hydrogens is 322 g/mol. The maximum Gasteiger partial charge on any atom is 0.329 e. The molecule has 24 heavy (non-hydrogen) atoms. The van der Waals surface area contributed by atoms with Crippen molar-refractivity contribution in [3.8, 4) is 0 Å². The SMILES string of the molecule is O=C(NC1(C(=O)O)CCC1)C1CC(=O)N(c2cc(F)cc(F)c2)C1. The van der Waals surface area contributed by atoms with Gasteiger partial charge in [0, 0.05) is 24.7 Å². The molecule has 6 nitrogen and oxygen atoms in total. The summed E-state index contributed by atoms with van der Waals surface area (Å²) in [6.07, 6.45) is 1.30. The summed E-state index contributed by atoms with van der Waals surface area (Å²) in [6, 6.07) is 2.74. The molecule has 1 aliphatic heterocycles. The second kappa shape index (κ2) is 5.85. The number of aliphatic carboxylic acids is 1. The smallest absolute Gasteiger partial charge is 0.329 e. The van der Waals surface area contributed by atoms with E-state index in [1.807, 2.05) is 0 Å². The molecule has 0 bridgehead atoms. The van der Waals surface area contributed by atoms with E-state index < -0.39 is 40.9 Å². The predicted molar refractivity (Wildman–Crippen MR) is 79.2 cm³/mol. The van der Waals surface area contributed by atoms with Gasteiger partial charge in [0.05, 0.1) is 5.92 Å². The molecule has 2 fully saturated rings. The van der Waals surface area contributed by atoms with Crippen LogP contribution in [0.1, 0.15) is 25.7 Å². The second-order valence-corrected chi connectivity index (χ2v) is 6.26. The number of carbonyl (C=O) groups is 3. The highest BCUT2D eigenvalue weighted by atomic mass is 19.1. The van der Waals surface area contributed by atoms with Crippen LogP contribution in [0.2, 0.25) is 0 Å². The zero-order valence-corrected chi connectivity index (χ0v) is 12.7. The Kier molecular flexibility index (Phi) is 3.98. The summed E-state index contributed by atoms with van der Waals surface area (Å²) in [5.74, 6) is -4.42. The first-order chi connectivity index (χ1) is 11.3. The molecule has 128 valence electrons. The fraction of sp³-hybridized carbons (Fsp3) is 0.438. The van der Waals surface area contributed by atoms with Gasteiger partial charge >= 0.3 is 5.97 Å². The Morgan fingerprint density at radius 3 is 2.33 bits per heavy atom. The van der Waals surface area contributed by atoms with E-state index in [9.17, 15) is 28.3 Å². The minimum Gasteiger partial charge on any atom is -0.480 e. The molecule has 0 spiro atoms. The number of carbonyl (C=O) groups excluding carboxylic acids is 2. The Labute approximate surface area is 136 Å². The number of hydrogen-bond donors (Lipinski definition) is 2. The van der Waals surface area contributed by atoms with Crippen LogP contribution in [0.15, 0.2) is 18.2 Å². The van der Waals surface area contributed by atoms with E-state index in [0.717, 1.165) is 17.0 Å². The van der Waals surface area contributed by atoms with Crippen LogP contribution in [0.4, 0.5) is 14.5 Å². The number of anilines is 1. The standard InChI is InChI=1S/C16H16F2N2O4/c17-10-5-11(18)7-12(6-10)20-8-9(4-13(20)21)14(22)19-16(15(23)24)2-1-3-16/h5-7,9H,1-4,8H2,(H,19,22)(H,23,24). The van der Waals surface area contributed by atoms with Crippen molar-refractivity contribution in [1.82, 2.24) is 5.32 Å². The summed E-state index contributed by atoms with van der Waals surface area (Å²) < 4.78 is 26.6. The summed E-state index contributed by atoms with van der Waals surface area (Å²) in [5, 5.41) is 11.8. The van der Waals surface area contributed by atoms with Gasteiger partial charge in [-0.1, -0.05) is 0 Å². The minimum atomic E-state index is -1.25. The molecule has 2 N–H and O–H groups in total. The third-order valence-corrected chi connectivity index (χ3v) is 4.63. The first-order valence-electron chi connectivity index (χ1n) is 7.63. The van der Waals surface area contributed by atoms with Crippen LogP contribution in [0.3, 0.4) is 0 Å². The summed E-state index contributed by atoms with van der Waals surface area (Å²) in [7, 11) is 0. The van der Waals surface area contributed by atoms with Gasteiger partial charge in [-0.15, -0.1) is 0 Å². The van der Waals surface area contributed by atoms with Gasteiger partial charge in [0.1, 0.15) is 17.2 Å². The Bertz CT molecular complexity index is 698. The molecule has 0 aromatic heterocycles. The van der Waals surface area contributed by atoms with Gasteiger partial charge in [-0.2, -0.15) is 0 Å². The molecule has 2 amide bonds. The molecule has 1 aromatic carbocycles. The summed E-state index contributed by atoms with van der Waals surface area (Å²) in [6.45, 7) is -0.0384. The zero-order chi connectivity index (χ0) is 17.5. The van der Waals surface area contributed by atoms with Gasteiger partial charge in [0.25, 0.3) is 0 Å². The van der Waals surface area contributed by atoms with Crippen molar-refractivity contribution < 1.29 is 28.3 Å². The Balaban J connectivity index is 1.72. The minimum absolute atomic E-state index is 0.0384. The number of rotatable bonds is 4. The fourth-order valence-electron chi connectivity index (χ4n) is 3.09. The monoisotopic (exact) mass is 338 g/mol. The Morgan fingerprint density at radius 2 is 1.83 bits per heavy atom. The van der Waals surface area contributed by atoms with Crippen molar-refractivity contribution in [2.75, 3.05) is 11.4 Å². The zero-order valence-electron chi connectivity index (χ0n) is 12.7. The molecule has 0 radical (unpaired) electrons. The molecular formula is C16H16F2N2O4. The average Bonchev–Trinajstić information content (AvgIpc) is 2.83. The van der Waals surface area contributed by atoms with Gasteiger partial charge in [-0.3, -0.25) is 9.59 Å². The molecule has 1 saturated carbocycles. The number of nitrogens with one attached hydrogen (secondary N) is 1. The number of carboxylic acid groups (broad SMARTS) is 1. The van der Waals surface area contributed by atoms with Gasteiger partial charge in [0.15, 0.2) is 0 Å².